The maximum absolute atomic E-state index is 10.3. The fraction of sp³-hybridized carbons (Fsp3) is 0.538. The Bertz CT molecular complexity index is 451. The van der Waals surface area contributed by atoms with E-state index in [4.69, 9.17) is 4.74 Å². The Labute approximate surface area is 114 Å². The molecule has 0 aliphatic carbocycles. The molecule has 2 nitrogen and oxygen atoms in total. The van der Waals surface area contributed by atoms with Gasteiger partial charge >= 0.3 is 0 Å². The van der Waals surface area contributed by atoms with Crippen molar-refractivity contribution in [3.05, 3.63) is 28.2 Å². The van der Waals surface area contributed by atoms with Crippen molar-refractivity contribution < 1.29 is 9.84 Å². The summed E-state index contributed by atoms with van der Waals surface area (Å²) >= 11 is 5.37. The predicted octanol–water partition coefficient (Wildman–Crippen LogP) is 3.53. The van der Waals surface area contributed by atoms with Gasteiger partial charge in [-0.15, -0.1) is 0 Å². The molecule has 0 bridgehead atoms. The van der Waals surface area contributed by atoms with Gasteiger partial charge in [-0.1, -0.05) is 15.9 Å². The van der Waals surface area contributed by atoms with Gasteiger partial charge in [0.05, 0.1) is 6.10 Å². The van der Waals surface area contributed by atoms with Crippen LogP contribution in [0.4, 0.5) is 0 Å². The van der Waals surface area contributed by atoms with E-state index < -0.39 is 6.10 Å². The Morgan fingerprint density at radius 2 is 2.35 bits per heavy atom. The molecular formula is C13H15BrO2S. The van der Waals surface area contributed by atoms with Crippen LogP contribution in [0.25, 0.3) is 0 Å². The zero-order chi connectivity index (χ0) is 12.0. The minimum absolute atomic E-state index is 0.162. The van der Waals surface area contributed by atoms with Gasteiger partial charge in [0.25, 0.3) is 0 Å². The summed E-state index contributed by atoms with van der Waals surface area (Å²) in [7, 11) is 0. The lowest BCUT2D eigenvalue weighted by Gasteiger charge is -2.40. The van der Waals surface area contributed by atoms with Crippen LogP contribution < -0.4 is 4.74 Å². The second-order valence-electron chi connectivity index (χ2n) is 4.83. The standard InChI is InChI=1S/C13H15BrO2S/c1-8-13(4-5-17-8)7-11(15)10-6-9(14)2-3-12(10)16-13/h2-3,6,8,11,15H,4-5,7H2,1H3/t8?,11-,13?/m1/s1. The number of benzene rings is 1. The highest BCUT2D eigenvalue weighted by molar-refractivity contribution is 9.10. The first-order chi connectivity index (χ1) is 8.11. The van der Waals surface area contributed by atoms with Crippen molar-refractivity contribution in [2.75, 3.05) is 5.75 Å². The van der Waals surface area contributed by atoms with Crippen molar-refractivity contribution in [1.29, 1.82) is 0 Å². The molecule has 2 heterocycles. The normalized spacial score (nSPS) is 35.7. The van der Waals surface area contributed by atoms with Gasteiger partial charge in [-0.05, 0) is 37.3 Å². The molecule has 17 heavy (non-hydrogen) atoms. The number of ether oxygens (including phenoxy) is 1. The highest BCUT2D eigenvalue weighted by Gasteiger charge is 2.48. The molecule has 1 aromatic rings. The molecule has 92 valence electrons. The Hall–Kier alpha value is -0.190. The van der Waals surface area contributed by atoms with E-state index >= 15 is 0 Å². The summed E-state index contributed by atoms with van der Waals surface area (Å²) in [6, 6.07) is 5.89. The molecule has 2 unspecified atom stereocenters. The quantitative estimate of drug-likeness (QED) is 0.794. The second-order valence-corrected chi connectivity index (χ2v) is 7.20. The minimum Gasteiger partial charge on any atom is -0.486 e. The molecule has 0 radical (unpaired) electrons. The van der Waals surface area contributed by atoms with Crippen LogP contribution in [-0.2, 0) is 0 Å². The summed E-state index contributed by atoms with van der Waals surface area (Å²) in [4.78, 5) is 0. The van der Waals surface area contributed by atoms with E-state index in [0.717, 1.165) is 28.0 Å². The average molecular weight is 315 g/mol. The molecule has 2 aliphatic heterocycles. The largest absolute Gasteiger partial charge is 0.486 e. The third-order valence-electron chi connectivity index (χ3n) is 3.82. The lowest BCUT2D eigenvalue weighted by molar-refractivity contribution is -0.0103. The van der Waals surface area contributed by atoms with Crippen molar-refractivity contribution >= 4 is 27.7 Å². The molecule has 2 aliphatic rings. The molecule has 1 fully saturated rings. The van der Waals surface area contributed by atoms with E-state index in [1.54, 1.807) is 0 Å². The molecule has 3 atom stereocenters. The summed E-state index contributed by atoms with van der Waals surface area (Å²) < 4.78 is 7.21. The van der Waals surface area contributed by atoms with Crippen molar-refractivity contribution in [3.8, 4) is 5.75 Å². The van der Waals surface area contributed by atoms with Gasteiger partial charge in [0.1, 0.15) is 11.4 Å². The molecule has 3 rings (SSSR count). The Morgan fingerprint density at radius 1 is 1.53 bits per heavy atom. The predicted molar refractivity (Wildman–Crippen MR) is 73.6 cm³/mol. The maximum Gasteiger partial charge on any atom is 0.126 e. The highest BCUT2D eigenvalue weighted by Crippen LogP contribution is 2.49. The van der Waals surface area contributed by atoms with Crippen LogP contribution >= 0.6 is 27.7 Å². The van der Waals surface area contributed by atoms with Gasteiger partial charge in [0.2, 0.25) is 0 Å². The second kappa shape index (κ2) is 4.18. The molecule has 0 saturated carbocycles. The number of fused-ring (bicyclic) bond motifs is 1. The number of halogens is 1. The molecule has 1 N–H and O–H groups in total. The van der Waals surface area contributed by atoms with Crippen molar-refractivity contribution in [3.63, 3.8) is 0 Å². The third-order valence-corrected chi connectivity index (χ3v) is 5.68. The molecular weight excluding hydrogens is 300 g/mol. The molecule has 1 saturated heterocycles. The van der Waals surface area contributed by atoms with Crippen LogP contribution in [0.15, 0.2) is 22.7 Å². The number of aliphatic hydroxyl groups is 1. The van der Waals surface area contributed by atoms with Gasteiger partial charge in [-0.25, -0.2) is 0 Å². The summed E-state index contributed by atoms with van der Waals surface area (Å²) in [6.45, 7) is 2.20. The monoisotopic (exact) mass is 314 g/mol. The number of thioether (sulfide) groups is 1. The van der Waals surface area contributed by atoms with Crippen molar-refractivity contribution in [1.82, 2.24) is 0 Å². The molecule has 4 heteroatoms. The van der Waals surface area contributed by atoms with E-state index in [2.05, 4.69) is 22.9 Å². The maximum atomic E-state index is 10.3. The highest BCUT2D eigenvalue weighted by atomic mass is 79.9. The van der Waals surface area contributed by atoms with Crippen molar-refractivity contribution in [2.24, 2.45) is 0 Å². The first-order valence-electron chi connectivity index (χ1n) is 5.89. The van der Waals surface area contributed by atoms with Gasteiger partial charge < -0.3 is 9.84 Å². The van der Waals surface area contributed by atoms with E-state index in [1.807, 2.05) is 30.0 Å². The molecule has 0 aromatic heterocycles. The first kappa shape index (κ1) is 11.9. The van der Waals surface area contributed by atoms with Gasteiger partial charge in [0.15, 0.2) is 0 Å². The molecule has 0 amide bonds. The summed E-state index contributed by atoms with van der Waals surface area (Å²) in [6.07, 6.45) is 1.34. The van der Waals surface area contributed by atoms with Crippen LogP contribution in [0.1, 0.15) is 31.4 Å². The molecule has 1 spiro atoms. The van der Waals surface area contributed by atoms with Crippen LogP contribution in [0.2, 0.25) is 0 Å². The number of aliphatic hydroxyl groups excluding tert-OH is 1. The third kappa shape index (κ3) is 1.90. The van der Waals surface area contributed by atoms with E-state index in [0.29, 0.717) is 11.7 Å². The smallest absolute Gasteiger partial charge is 0.126 e. The van der Waals surface area contributed by atoms with Gasteiger partial charge in [-0.2, -0.15) is 11.8 Å². The molecule has 1 aromatic carbocycles. The lowest BCUT2D eigenvalue weighted by atomic mass is 9.85. The first-order valence-corrected chi connectivity index (χ1v) is 7.73. The number of rotatable bonds is 0. The van der Waals surface area contributed by atoms with Crippen molar-refractivity contribution in [2.45, 2.75) is 36.7 Å². The van der Waals surface area contributed by atoms with E-state index in [9.17, 15) is 5.11 Å². The summed E-state index contributed by atoms with van der Waals surface area (Å²) in [5.74, 6) is 1.97. The lowest BCUT2D eigenvalue weighted by Crippen LogP contribution is -2.45. The zero-order valence-corrected chi connectivity index (χ0v) is 12.1. The minimum atomic E-state index is -0.405. The number of hydrogen-bond donors (Lipinski definition) is 1. The van der Waals surface area contributed by atoms with Gasteiger partial charge in [-0.3, -0.25) is 0 Å². The average Bonchev–Trinajstić information content (AvgIpc) is 2.62. The fourth-order valence-corrected chi connectivity index (χ4v) is 4.50. The topological polar surface area (TPSA) is 29.5 Å². The van der Waals surface area contributed by atoms with Crippen LogP contribution in [0.5, 0.6) is 5.75 Å². The van der Waals surface area contributed by atoms with Gasteiger partial charge in [0, 0.05) is 21.7 Å². The van der Waals surface area contributed by atoms with E-state index in [1.165, 1.54) is 0 Å². The Kier molecular flexibility index (Phi) is 2.92. The summed E-state index contributed by atoms with van der Waals surface area (Å²) in [5.41, 5.74) is 0.749. The van der Waals surface area contributed by atoms with E-state index in [-0.39, 0.29) is 5.60 Å². The number of hydrogen-bond acceptors (Lipinski definition) is 3. The van der Waals surface area contributed by atoms with Crippen LogP contribution in [0, 0.1) is 0 Å². The fourth-order valence-electron chi connectivity index (χ4n) is 2.74. The summed E-state index contributed by atoms with van der Waals surface area (Å²) in [5, 5.41) is 10.8. The Morgan fingerprint density at radius 3 is 3.06 bits per heavy atom. The SMILES string of the molecule is CC1SCCC12C[C@@H](O)c1cc(Br)ccc1O2. The Balaban J connectivity index is 2.01. The zero-order valence-electron chi connectivity index (χ0n) is 9.65. The van der Waals surface area contributed by atoms with Crippen LogP contribution in [0.3, 0.4) is 0 Å². The van der Waals surface area contributed by atoms with Crippen LogP contribution in [-0.4, -0.2) is 21.7 Å².